The van der Waals surface area contributed by atoms with Gasteiger partial charge in [-0.3, -0.25) is 4.79 Å². The van der Waals surface area contributed by atoms with Crippen molar-refractivity contribution < 1.29 is 14.6 Å². The summed E-state index contributed by atoms with van der Waals surface area (Å²) >= 11 is 2.76. The van der Waals surface area contributed by atoms with Gasteiger partial charge < -0.3 is 15.2 Å². The highest BCUT2D eigenvalue weighted by Crippen LogP contribution is 2.38. The predicted molar refractivity (Wildman–Crippen MR) is 112 cm³/mol. The lowest BCUT2D eigenvalue weighted by Crippen LogP contribution is -2.04. The monoisotopic (exact) mass is 411 g/mol. The zero-order chi connectivity index (χ0) is 20.1. The fourth-order valence-electron chi connectivity index (χ4n) is 2.46. The first-order valence-electron chi connectivity index (χ1n) is 8.42. The molecule has 6 nitrogen and oxygen atoms in total. The lowest BCUT2D eigenvalue weighted by Gasteiger charge is -2.06. The van der Waals surface area contributed by atoms with E-state index in [4.69, 9.17) is 4.74 Å². The second-order valence-corrected chi connectivity index (χ2v) is 7.63. The Kier molecular flexibility index (Phi) is 6.09. The number of nitrogens with one attached hydrogen (secondary N) is 1. The van der Waals surface area contributed by atoms with Crippen molar-refractivity contribution in [3.05, 3.63) is 46.3 Å². The molecule has 0 atom stereocenters. The number of phenolic OH excluding ortho intramolecular Hbond substituents is 1. The molecule has 0 aliphatic rings. The summed E-state index contributed by atoms with van der Waals surface area (Å²) in [5.74, 6) is 0.195. The third-order valence-electron chi connectivity index (χ3n) is 3.62. The summed E-state index contributed by atoms with van der Waals surface area (Å²) in [6, 6.07) is 10.9. The van der Waals surface area contributed by atoms with Crippen LogP contribution in [-0.2, 0) is 4.79 Å². The van der Waals surface area contributed by atoms with Crippen LogP contribution < -0.4 is 10.1 Å². The lowest BCUT2D eigenvalue weighted by molar-refractivity contribution is -0.114. The number of allylic oxidation sites excluding steroid dienone is 1. The molecule has 0 fully saturated rings. The van der Waals surface area contributed by atoms with Crippen molar-refractivity contribution in [3.63, 3.8) is 0 Å². The summed E-state index contributed by atoms with van der Waals surface area (Å²) < 4.78 is 5.39. The van der Waals surface area contributed by atoms with E-state index in [1.807, 2.05) is 24.4 Å². The highest BCUT2D eigenvalue weighted by atomic mass is 32.1. The van der Waals surface area contributed by atoms with E-state index in [1.54, 1.807) is 18.2 Å². The Hall–Kier alpha value is -3.15. The van der Waals surface area contributed by atoms with E-state index in [1.165, 1.54) is 35.7 Å². The Morgan fingerprint density at radius 2 is 2.25 bits per heavy atom. The highest BCUT2D eigenvalue weighted by molar-refractivity contribution is 7.18. The highest BCUT2D eigenvalue weighted by Gasteiger charge is 2.17. The third kappa shape index (κ3) is 4.39. The van der Waals surface area contributed by atoms with Gasteiger partial charge in [-0.05, 0) is 42.1 Å². The van der Waals surface area contributed by atoms with Crippen molar-refractivity contribution in [2.75, 3.05) is 11.9 Å². The Morgan fingerprint density at radius 1 is 1.43 bits per heavy atom. The summed E-state index contributed by atoms with van der Waals surface area (Å²) in [4.78, 5) is 17.1. The molecule has 0 aliphatic heterocycles. The first-order chi connectivity index (χ1) is 13.5. The molecule has 0 unspecified atom stereocenters. The molecule has 8 heteroatoms. The lowest BCUT2D eigenvalue weighted by atomic mass is 10.1. The number of thiazole rings is 1. The molecule has 142 valence electrons. The standard InChI is InChI=1S/C20H17N3O3S2/c1-3-26-16-10-13(6-7-15(16)25)9-14(11-21)19-23-18(17-5-4-8-27-17)20(28-19)22-12(2)24/h4-10,25H,3H2,1-2H3,(H,22,24). The van der Waals surface area contributed by atoms with E-state index in [0.717, 1.165) is 4.88 Å². The van der Waals surface area contributed by atoms with Crippen LogP contribution in [0.4, 0.5) is 5.00 Å². The van der Waals surface area contributed by atoms with Gasteiger partial charge in [0.25, 0.3) is 0 Å². The number of benzene rings is 1. The maximum Gasteiger partial charge on any atom is 0.221 e. The largest absolute Gasteiger partial charge is 0.504 e. The molecule has 2 heterocycles. The Morgan fingerprint density at radius 3 is 2.89 bits per heavy atom. The molecule has 3 rings (SSSR count). The maximum absolute atomic E-state index is 11.6. The smallest absolute Gasteiger partial charge is 0.221 e. The molecule has 0 saturated carbocycles. The van der Waals surface area contributed by atoms with E-state index >= 15 is 0 Å². The number of nitriles is 1. The summed E-state index contributed by atoms with van der Waals surface area (Å²) in [5, 5.41) is 25.3. The first kappa shape index (κ1) is 19.6. The number of aromatic hydroxyl groups is 1. The Labute approximate surface area is 170 Å². The van der Waals surface area contributed by atoms with Gasteiger partial charge in [-0.15, -0.1) is 11.3 Å². The number of carbonyl (C=O) groups is 1. The molecule has 2 N–H and O–H groups in total. The van der Waals surface area contributed by atoms with E-state index in [0.29, 0.717) is 39.2 Å². The fraction of sp³-hybridized carbons (Fsp3) is 0.150. The van der Waals surface area contributed by atoms with E-state index in [9.17, 15) is 15.2 Å². The number of ether oxygens (including phenoxy) is 1. The van der Waals surface area contributed by atoms with Crippen molar-refractivity contribution in [1.82, 2.24) is 4.98 Å². The van der Waals surface area contributed by atoms with Crippen LogP contribution in [0.5, 0.6) is 11.5 Å². The van der Waals surface area contributed by atoms with Gasteiger partial charge in [0.1, 0.15) is 21.8 Å². The minimum Gasteiger partial charge on any atom is -0.504 e. The third-order valence-corrected chi connectivity index (χ3v) is 5.50. The number of anilines is 1. The summed E-state index contributed by atoms with van der Waals surface area (Å²) in [7, 11) is 0. The second-order valence-electron chi connectivity index (χ2n) is 5.69. The van der Waals surface area contributed by atoms with Crippen LogP contribution in [0, 0.1) is 11.3 Å². The molecule has 28 heavy (non-hydrogen) atoms. The molecular formula is C20H17N3O3S2. The number of hydrogen-bond donors (Lipinski definition) is 2. The number of nitrogens with zero attached hydrogens (tertiary/aromatic N) is 2. The van der Waals surface area contributed by atoms with Gasteiger partial charge in [-0.2, -0.15) is 5.26 Å². The van der Waals surface area contributed by atoms with Gasteiger partial charge >= 0.3 is 0 Å². The minimum absolute atomic E-state index is 0.0414. The van der Waals surface area contributed by atoms with Crippen molar-refractivity contribution in [2.45, 2.75) is 13.8 Å². The summed E-state index contributed by atoms with van der Waals surface area (Å²) in [5.41, 5.74) is 1.70. The molecule has 0 aliphatic carbocycles. The zero-order valence-corrected chi connectivity index (χ0v) is 16.9. The van der Waals surface area contributed by atoms with Gasteiger partial charge in [-0.25, -0.2) is 4.98 Å². The SMILES string of the molecule is CCOc1cc(C=C(C#N)c2nc(-c3cccs3)c(NC(C)=O)s2)ccc1O. The van der Waals surface area contributed by atoms with E-state index in [2.05, 4.69) is 16.4 Å². The van der Waals surface area contributed by atoms with Crippen molar-refractivity contribution in [2.24, 2.45) is 0 Å². The van der Waals surface area contributed by atoms with Crippen LogP contribution in [-0.4, -0.2) is 22.6 Å². The normalized spacial score (nSPS) is 11.1. The van der Waals surface area contributed by atoms with Crippen LogP contribution in [0.25, 0.3) is 22.2 Å². The van der Waals surface area contributed by atoms with Crippen LogP contribution in [0.1, 0.15) is 24.4 Å². The van der Waals surface area contributed by atoms with Gasteiger partial charge in [0.15, 0.2) is 11.5 Å². The minimum atomic E-state index is -0.199. The van der Waals surface area contributed by atoms with Crippen LogP contribution >= 0.6 is 22.7 Å². The average Bonchev–Trinajstić information content (AvgIpc) is 3.31. The number of hydrogen-bond acceptors (Lipinski definition) is 7. The molecule has 0 saturated heterocycles. The van der Waals surface area contributed by atoms with Gasteiger partial charge in [-0.1, -0.05) is 23.5 Å². The average molecular weight is 412 g/mol. The topological polar surface area (TPSA) is 95.2 Å². The molecule has 1 aromatic carbocycles. The Bertz CT molecular complexity index is 1060. The number of carbonyl (C=O) groups excluding carboxylic acids is 1. The fourth-order valence-corrected chi connectivity index (χ4v) is 4.24. The molecule has 0 spiro atoms. The zero-order valence-electron chi connectivity index (χ0n) is 15.2. The molecule has 0 bridgehead atoms. The van der Waals surface area contributed by atoms with Gasteiger partial charge in [0.2, 0.25) is 5.91 Å². The van der Waals surface area contributed by atoms with E-state index in [-0.39, 0.29) is 11.7 Å². The van der Waals surface area contributed by atoms with Crippen LogP contribution in [0.3, 0.4) is 0 Å². The predicted octanol–water partition coefficient (Wildman–Crippen LogP) is 5.00. The number of phenols is 1. The molecule has 0 radical (unpaired) electrons. The number of amides is 1. The van der Waals surface area contributed by atoms with Crippen LogP contribution in [0.2, 0.25) is 0 Å². The number of thiophene rings is 1. The molecular weight excluding hydrogens is 394 g/mol. The molecule has 3 aromatic rings. The van der Waals surface area contributed by atoms with Gasteiger partial charge in [0.05, 0.1) is 17.1 Å². The summed E-state index contributed by atoms with van der Waals surface area (Å²) in [6.07, 6.45) is 1.68. The number of aromatic nitrogens is 1. The van der Waals surface area contributed by atoms with Crippen molar-refractivity contribution in [1.29, 1.82) is 5.26 Å². The molecule has 2 aromatic heterocycles. The molecule has 1 amide bonds. The maximum atomic E-state index is 11.6. The quantitative estimate of drug-likeness (QED) is 0.557. The second kappa shape index (κ2) is 8.69. The first-order valence-corrected chi connectivity index (χ1v) is 10.1. The van der Waals surface area contributed by atoms with Crippen LogP contribution in [0.15, 0.2) is 35.7 Å². The Balaban J connectivity index is 2.03. The summed E-state index contributed by atoms with van der Waals surface area (Å²) in [6.45, 7) is 3.68. The van der Waals surface area contributed by atoms with Crippen molar-refractivity contribution >= 4 is 45.2 Å². The number of rotatable bonds is 6. The van der Waals surface area contributed by atoms with E-state index < -0.39 is 0 Å². The van der Waals surface area contributed by atoms with Gasteiger partial charge in [0, 0.05) is 6.92 Å². The van der Waals surface area contributed by atoms with Crippen molar-refractivity contribution in [3.8, 4) is 28.1 Å².